The van der Waals surface area contributed by atoms with Crippen molar-refractivity contribution >= 4 is 11.8 Å². The van der Waals surface area contributed by atoms with Crippen LogP contribution in [0.5, 0.6) is 0 Å². The molecule has 5 rings (SSSR count). The van der Waals surface area contributed by atoms with Gasteiger partial charge in [0.2, 0.25) is 11.9 Å². The van der Waals surface area contributed by atoms with Crippen molar-refractivity contribution < 1.29 is 8.81 Å². The highest BCUT2D eigenvalue weighted by Gasteiger charge is 2.29. The Hall–Kier alpha value is -4.43. The second-order valence-corrected chi connectivity index (χ2v) is 7.87. The fraction of sp³-hybridized carbons (Fsp3) is 0.250. The third-order valence-corrected chi connectivity index (χ3v) is 5.56. The van der Waals surface area contributed by atoms with Crippen LogP contribution in [-0.4, -0.2) is 69.2 Å². The lowest BCUT2D eigenvalue weighted by molar-refractivity contribution is 0.489. The first kappa shape index (κ1) is 22.4. The molecule has 0 spiro atoms. The number of likely N-dealkylation sites (N-methyl/N-ethyl adjacent to an activating group) is 1. The molecule has 1 aliphatic rings. The SMILES string of the molecule is CNCC1CN(c2cc(F)ncn2)CCN1c1ncc(C#Cc2ccc(-c3cnco3)nc2)cn1. The molecule has 5 heterocycles. The number of nitrogens with zero attached hydrogens (tertiary/aromatic N) is 8. The average molecular weight is 472 g/mol. The number of rotatable bonds is 5. The van der Waals surface area contributed by atoms with Crippen LogP contribution in [0, 0.1) is 17.8 Å². The Labute approximate surface area is 201 Å². The molecule has 176 valence electrons. The summed E-state index contributed by atoms with van der Waals surface area (Å²) < 4.78 is 18.8. The van der Waals surface area contributed by atoms with Gasteiger partial charge in [-0.15, -0.1) is 0 Å². The van der Waals surface area contributed by atoms with Gasteiger partial charge < -0.3 is 19.5 Å². The van der Waals surface area contributed by atoms with Gasteiger partial charge in [0.1, 0.15) is 17.8 Å². The second kappa shape index (κ2) is 10.2. The maximum Gasteiger partial charge on any atom is 0.225 e. The molecule has 1 fully saturated rings. The Morgan fingerprint density at radius 1 is 1.03 bits per heavy atom. The first-order valence-corrected chi connectivity index (χ1v) is 11.0. The molecule has 1 N–H and O–H groups in total. The zero-order chi connectivity index (χ0) is 24.0. The van der Waals surface area contributed by atoms with Crippen molar-refractivity contribution in [2.24, 2.45) is 0 Å². The Balaban J connectivity index is 1.27. The zero-order valence-corrected chi connectivity index (χ0v) is 19.0. The highest BCUT2D eigenvalue weighted by molar-refractivity contribution is 5.52. The number of anilines is 2. The van der Waals surface area contributed by atoms with E-state index in [4.69, 9.17) is 4.42 Å². The van der Waals surface area contributed by atoms with Crippen LogP contribution >= 0.6 is 0 Å². The van der Waals surface area contributed by atoms with Gasteiger partial charge in [0.25, 0.3) is 0 Å². The lowest BCUT2D eigenvalue weighted by Gasteiger charge is -2.41. The number of nitrogens with one attached hydrogen (secondary N) is 1. The molecule has 0 bridgehead atoms. The van der Waals surface area contributed by atoms with Crippen molar-refractivity contribution in [3.63, 3.8) is 0 Å². The van der Waals surface area contributed by atoms with Gasteiger partial charge in [-0.2, -0.15) is 4.39 Å². The Bertz CT molecular complexity index is 1320. The highest BCUT2D eigenvalue weighted by atomic mass is 19.1. The van der Waals surface area contributed by atoms with E-state index in [1.54, 1.807) is 24.8 Å². The van der Waals surface area contributed by atoms with Crippen molar-refractivity contribution in [3.05, 3.63) is 72.8 Å². The standard InChI is InChI=1S/C24H22FN9O/c1-26-12-19-14-33(23-8-22(25)31-15-32-23)6-7-34(19)24-29-10-18(11-30-24)3-2-17-4-5-20(28-9-17)21-13-27-16-35-21/h4-5,8-11,13,15-16,19,26H,6-7,12,14H2,1H3. The van der Waals surface area contributed by atoms with Gasteiger partial charge in [-0.1, -0.05) is 11.8 Å². The fourth-order valence-electron chi connectivity index (χ4n) is 3.87. The minimum atomic E-state index is -0.538. The molecule has 1 unspecified atom stereocenters. The molecular weight excluding hydrogens is 449 g/mol. The van der Waals surface area contributed by atoms with Crippen LogP contribution < -0.4 is 15.1 Å². The summed E-state index contributed by atoms with van der Waals surface area (Å²) in [5.41, 5.74) is 2.17. The van der Waals surface area contributed by atoms with Crippen molar-refractivity contribution in [1.82, 2.24) is 35.2 Å². The summed E-state index contributed by atoms with van der Waals surface area (Å²) in [6.45, 7) is 2.70. The second-order valence-electron chi connectivity index (χ2n) is 7.87. The largest absolute Gasteiger partial charge is 0.442 e. The maximum atomic E-state index is 13.6. The first-order valence-electron chi connectivity index (χ1n) is 11.0. The van der Waals surface area contributed by atoms with E-state index < -0.39 is 5.95 Å². The van der Waals surface area contributed by atoms with E-state index in [0.717, 1.165) is 5.56 Å². The lowest BCUT2D eigenvalue weighted by Crippen LogP contribution is -2.57. The molecule has 4 aromatic heterocycles. The van der Waals surface area contributed by atoms with Crippen LogP contribution in [0.2, 0.25) is 0 Å². The summed E-state index contributed by atoms with van der Waals surface area (Å²) >= 11 is 0. The van der Waals surface area contributed by atoms with E-state index in [1.165, 1.54) is 18.8 Å². The summed E-state index contributed by atoms with van der Waals surface area (Å²) in [4.78, 5) is 29.3. The van der Waals surface area contributed by atoms with Crippen LogP contribution in [0.15, 0.2) is 60.1 Å². The molecule has 0 amide bonds. The van der Waals surface area contributed by atoms with Crippen molar-refractivity contribution in [3.8, 4) is 23.3 Å². The Morgan fingerprint density at radius 3 is 2.57 bits per heavy atom. The summed E-state index contributed by atoms with van der Waals surface area (Å²) in [5.74, 6) is 7.43. The zero-order valence-electron chi connectivity index (χ0n) is 19.0. The number of aromatic nitrogens is 6. The maximum absolute atomic E-state index is 13.6. The molecule has 0 saturated carbocycles. The summed E-state index contributed by atoms with van der Waals surface area (Å²) in [6, 6.07) is 5.14. The van der Waals surface area contributed by atoms with Gasteiger partial charge in [0.15, 0.2) is 12.2 Å². The predicted molar refractivity (Wildman–Crippen MR) is 127 cm³/mol. The molecule has 11 heteroatoms. The summed E-state index contributed by atoms with van der Waals surface area (Å²) in [6.07, 6.45) is 9.35. The first-order chi connectivity index (χ1) is 17.2. The highest BCUT2D eigenvalue weighted by Crippen LogP contribution is 2.20. The van der Waals surface area contributed by atoms with E-state index in [0.29, 0.717) is 55.0 Å². The number of oxazole rings is 1. The van der Waals surface area contributed by atoms with Gasteiger partial charge in [-0.25, -0.2) is 24.9 Å². The predicted octanol–water partition coefficient (Wildman–Crippen LogP) is 1.77. The number of halogens is 1. The quantitative estimate of drug-likeness (QED) is 0.342. The summed E-state index contributed by atoms with van der Waals surface area (Å²) in [5, 5.41) is 3.21. The van der Waals surface area contributed by atoms with E-state index in [-0.39, 0.29) is 6.04 Å². The van der Waals surface area contributed by atoms with Gasteiger partial charge in [-0.05, 0) is 19.2 Å². The van der Waals surface area contributed by atoms with Crippen LogP contribution in [0.3, 0.4) is 0 Å². The van der Waals surface area contributed by atoms with Crippen molar-refractivity contribution in [2.45, 2.75) is 6.04 Å². The van der Waals surface area contributed by atoms with Crippen LogP contribution in [-0.2, 0) is 0 Å². The number of piperazine rings is 1. The molecule has 0 radical (unpaired) electrons. The molecule has 1 saturated heterocycles. The number of hydrogen-bond donors (Lipinski definition) is 1. The minimum Gasteiger partial charge on any atom is -0.442 e. The van der Waals surface area contributed by atoms with E-state index >= 15 is 0 Å². The molecule has 0 aromatic carbocycles. The van der Waals surface area contributed by atoms with Gasteiger partial charge in [0.05, 0.1) is 17.8 Å². The topological polar surface area (TPSA) is 109 Å². The molecular formula is C24H22FN9O. The van der Waals surface area contributed by atoms with Crippen molar-refractivity contribution in [2.75, 3.05) is 43.0 Å². The smallest absolute Gasteiger partial charge is 0.225 e. The normalized spacial score (nSPS) is 15.5. The lowest BCUT2D eigenvalue weighted by atomic mass is 10.1. The van der Waals surface area contributed by atoms with E-state index in [2.05, 4.69) is 52.0 Å². The molecule has 1 aliphatic heterocycles. The minimum absolute atomic E-state index is 0.0812. The molecule has 35 heavy (non-hydrogen) atoms. The Kier molecular flexibility index (Phi) is 6.54. The van der Waals surface area contributed by atoms with Crippen LogP contribution in [0.4, 0.5) is 16.2 Å². The van der Waals surface area contributed by atoms with Gasteiger partial charge in [0, 0.05) is 56.4 Å². The third kappa shape index (κ3) is 5.23. The van der Waals surface area contributed by atoms with Crippen molar-refractivity contribution in [1.29, 1.82) is 0 Å². The molecule has 4 aromatic rings. The molecule has 10 nitrogen and oxygen atoms in total. The van der Waals surface area contributed by atoms with Crippen LogP contribution in [0.25, 0.3) is 11.5 Å². The third-order valence-electron chi connectivity index (χ3n) is 5.56. The number of hydrogen-bond acceptors (Lipinski definition) is 10. The van der Waals surface area contributed by atoms with Gasteiger partial charge in [-0.3, -0.25) is 4.98 Å². The molecule has 1 atom stereocenters. The van der Waals surface area contributed by atoms with E-state index in [1.807, 2.05) is 24.1 Å². The van der Waals surface area contributed by atoms with E-state index in [9.17, 15) is 4.39 Å². The van der Waals surface area contributed by atoms with Gasteiger partial charge >= 0.3 is 0 Å². The number of pyridine rings is 1. The monoisotopic (exact) mass is 471 g/mol. The molecule has 0 aliphatic carbocycles. The summed E-state index contributed by atoms with van der Waals surface area (Å²) in [7, 11) is 1.90. The average Bonchev–Trinajstić information content (AvgIpc) is 3.44. The fourth-order valence-corrected chi connectivity index (χ4v) is 3.87. The van der Waals surface area contributed by atoms with Crippen LogP contribution in [0.1, 0.15) is 11.1 Å². The Morgan fingerprint density at radius 2 is 1.86 bits per heavy atom.